The molecule has 3 nitrogen and oxygen atoms in total. The summed E-state index contributed by atoms with van der Waals surface area (Å²) in [5.74, 6) is -1.32. The summed E-state index contributed by atoms with van der Waals surface area (Å²) in [5.41, 5.74) is 8.47. The van der Waals surface area contributed by atoms with E-state index < -0.39 is 5.97 Å². The molecule has 28 heavy (non-hydrogen) atoms. The van der Waals surface area contributed by atoms with E-state index in [1.54, 1.807) is 6.07 Å². The predicted octanol–water partition coefficient (Wildman–Crippen LogP) is 5.19. The van der Waals surface area contributed by atoms with Crippen LogP contribution in [-0.4, -0.2) is 16.2 Å². The van der Waals surface area contributed by atoms with Crippen LogP contribution >= 0.6 is 0 Å². The fraction of sp³-hybridized carbons (Fsp3) is 0.208. The van der Waals surface area contributed by atoms with Crippen molar-refractivity contribution in [2.75, 3.05) is 0 Å². The van der Waals surface area contributed by atoms with Gasteiger partial charge in [-0.3, -0.25) is 0 Å². The summed E-state index contributed by atoms with van der Waals surface area (Å²) >= 11 is 0. The number of phenols is 1. The molecule has 0 aliphatic rings. The van der Waals surface area contributed by atoms with Crippen molar-refractivity contribution in [3.05, 3.63) is 99.1 Å². The van der Waals surface area contributed by atoms with Crippen molar-refractivity contribution < 1.29 is 34.5 Å². The van der Waals surface area contributed by atoms with E-state index in [-0.39, 0.29) is 30.8 Å². The van der Waals surface area contributed by atoms with E-state index >= 15 is 0 Å². The molecule has 0 saturated heterocycles. The average molecular weight is 426 g/mol. The molecule has 0 spiro atoms. The van der Waals surface area contributed by atoms with Gasteiger partial charge in [-0.25, -0.2) is 4.79 Å². The van der Waals surface area contributed by atoms with Crippen LogP contribution in [0.4, 0.5) is 0 Å². The summed E-state index contributed by atoms with van der Waals surface area (Å²) in [7, 11) is 0. The molecule has 0 radical (unpaired) electrons. The molecule has 4 heteroatoms. The maximum atomic E-state index is 11.2. The first-order valence-electron chi connectivity index (χ1n) is 9.03. The van der Waals surface area contributed by atoms with E-state index in [1.165, 1.54) is 39.9 Å². The Morgan fingerprint density at radius 2 is 1.29 bits per heavy atom. The third-order valence-electron chi connectivity index (χ3n) is 4.94. The van der Waals surface area contributed by atoms with E-state index in [2.05, 4.69) is 57.2 Å². The number of hydrogen-bond donors (Lipinski definition) is 2. The van der Waals surface area contributed by atoms with Gasteiger partial charge in [-0.15, -0.1) is 0 Å². The fourth-order valence-electron chi connectivity index (χ4n) is 3.57. The summed E-state index contributed by atoms with van der Waals surface area (Å²) < 4.78 is 0. The Morgan fingerprint density at radius 1 is 0.786 bits per heavy atom. The van der Waals surface area contributed by atoms with Crippen molar-refractivity contribution in [3.8, 4) is 5.75 Å². The first kappa shape index (κ1) is 21.8. The Kier molecular flexibility index (Phi) is 7.15. The zero-order chi connectivity index (χ0) is 19.6. The van der Waals surface area contributed by atoms with Crippen LogP contribution in [0, 0.1) is 20.8 Å². The van der Waals surface area contributed by atoms with Gasteiger partial charge in [0, 0.05) is 19.5 Å². The summed E-state index contributed by atoms with van der Waals surface area (Å²) in [6.07, 6.45) is 1.53. The second-order valence-electron chi connectivity index (χ2n) is 7.20. The molecule has 2 N–H and O–H groups in total. The molecule has 0 aliphatic carbocycles. The standard InChI is InChI=1S/C24H24O3.Zn/c1-15-10-16(2)21(17(3)11-15)13-19-6-4-18(5-7-19)12-20-8-9-23(25)22(14-20)24(26)27;/h4-11,14,25H,12-13H2,1-3H3,(H,26,27);. The Balaban J connectivity index is 0.00000280. The Hall–Kier alpha value is -2.45. The molecule has 0 saturated carbocycles. The van der Waals surface area contributed by atoms with Gasteiger partial charge in [-0.1, -0.05) is 48.0 Å². The number of rotatable bonds is 5. The predicted molar refractivity (Wildman–Crippen MR) is 108 cm³/mol. The summed E-state index contributed by atoms with van der Waals surface area (Å²) in [6, 6.07) is 17.6. The molecule has 0 unspecified atom stereocenters. The van der Waals surface area contributed by atoms with Gasteiger partial charge >= 0.3 is 5.97 Å². The van der Waals surface area contributed by atoms with Crippen molar-refractivity contribution in [1.82, 2.24) is 0 Å². The van der Waals surface area contributed by atoms with Crippen molar-refractivity contribution in [3.63, 3.8) is 0 Å². The minimum atomic E-state index is -1.12. The smallest absolute Gasteiger partial charge is 0.339 e. The molecule has 3 aromatic carbocycles. The van der Waals surface area contributed by atoms with E-state index in [0.717, 1.165) is 17.5 Å². The van der Waals surface area contributed by atoms with Crippen LogP contribution in [0.3, 0.4) is 0 Å². The minimum Gasteiger partial charge on any atom is -0.507 e. The number of carboxylic acids is 1. The zero-order valence-corrected chi connectivity index (χ0v) is 19.6. The monoisotopic (exact) mass is 424 g/mol. The second kappa shape index (κ2) is 9.16. The third kappa shape index (κ3) is 5.08. The van der Waals surface area contributed by atoms with Crippen molar-refractivity contribution in [1.29, 1.82) is 0 Å². The SMILES string of the molecule is Cc1cc(C)c(Cc2ccc(Cc3ccc(O)c(C(=O)O)c3)cc2)c(C)c1.[Zn]. The first-order chi connectivity index (χ1) is 12.8. The quantitative estimate of drug-likeness (QED) is 0.553. The number of aromatic hydroxyl groups is 1. The fourth-order valence-corrected chi connectivity index (χ4v) is 3.57. The molecule has 0 amide bonds. The molecule has 3 aromatic rings. The summed E-state index contributed by atoms with van der Waals surface area (Å²) in [5, 5.41) is 18.8. The Labute approximate surface area is 178 Å². The molecule has 0 bridgehead atoms. The number of carboxylic acid groups (broad SMARTS) is 1. The van der Waals surface area contributed by atoms with Gasteiger partial charge in [0.1, 0.15) is 11.3 Å². The van der Waals surface area contributed by atoms with E-state index in [0.29, 0.717) is 6.42 Å². The second-order valence-corrected chi connectivity index (χ2v) is 7.20. The van der Waals surface area contributed by atoms with Gasteiger partial charge in [0.25, 0.3) is 0 Å². The van der Waals surface area contributed by atoms with Crippen molar-refractivity contribution in [2.45, 2.75) is 33.6 Å². The van der Waals surface area contributed by atoms with Crippen LogP contribution in [0.25, 0.3) is 0 Å². The van der Waals surface area contributed by atoms with Gasteiger partial charge in [0.15, 0.2) is 0 Å². The van der Waals surface area contributed by atoms with E-state index in [1.807, 2.05) is 0 Å². The van der Waals surface area contributed by atoms with Crippen molar-refractivity contribution in [2.24, 2.45) is 0 Å². The molecular weight excluding hydrogens is 402 g/mol. The topological polar surface area (TPSA) is 57.5 Å². The van der Waals surface area contributed by atoms with Crippen LogP contribution in [0.2, 0.25) is 0 Å². The molecule has 0 aliphatic heterocycles. The van der Waals surface area contributed by atoms with Gasteiger partial charge in [-0.2, -0.15) is 0 Å². The molecule has 0 atom stereocenters. The van der Waals surface area contributed by atoms with Gasteiger partial charge in [-0.05, 0) is 79.1 Å². The third-order valence-corrected chi connectivity index (χ3v) is 4.94. The molecule has 140 valence electrons. The van der Waals surface area contributed by atoms with Crippen LogP contribution in [0.1, 0.15) is 49.3 Å². The summed E-state index contributed by atoms with van der Waals surface area (Å²) in [4.78, 5) is 11.2. The Morgan fingerprint density at radius 3 is 1.82 bits per heavy atom. The number of aromatic carboxylic acids is 1. The van der Waals surface area contributed by atoms with E-state index in [9.17, 15) is 9.90 Å². The normalized spacial score (nSPS) is 10.4. The molecule has 3 rings (SSSR count). The molecule has 0 aromatic heterocycles. The maximum absolute atomic E-state index is 11.2. The average Bonchev–Trinajstić information content (AvgIpc) is 2.61. The van der Waals surface area contributed by atoms with Gasteiger partial charge in [0.2, 0.25) is 0 Å². The van der Waals surface area contributed by atoms with E-state index in [4.69, 9.17) is 5.11 Å². The van der Waals surface area contributed by atoms with Gasteiger partial charge < -0.3 is 10.2 Å². The maximum Gasteiger partial charge on any atom is 0.339 e. The van der Waals surface area contributed by atoms with Gasteiger partial charge in [0.05, 0.1) is 0 Å². The van der Waals surface area contributed by atoms with Crippen molar-refractivity contribution >= 4 is 5.97 Å². The van der Waals surface area contributed by atoms with Crippen LogP contribution in [0.5, 0.6) is 5.75 Å². The molecule has 0 heterocycles. The largest absolute Gasteiger partial charge is 0.507 e. The molecule has 0 fully saturated rings. The number of hydrogen-bond acceptors (Lipinski definition) is 2. The first-order valence-corrected chi connectivity index (χ1v) is 9.03. The Bertz CT molecular complexity index is 968. The van der Waals surface area contributed by atoms with Crippen LogP contribution in [0.15, 0.2) is 54.6 Å². The number of carbonyl (C=O) groups is 1. The number of benzene rings is 3. The zero-order valence-electron chi connectivity index (χ0n) is 16.6. The minimum absolute atomic E-state index is 0. The molecular formula is C24H24O3Zn. The van der Waals surface area contributed by atoms with Crippen LogP contribution in [-0.2, 0) is 32.3 Å². The number of aryl methyl sites for hydroxylation is 3. The summed E-state index contributed by atoms with van der Waals surface area (Å²) in [6.45, 7) is 6.45. The van der Waals surface area contributed by atoms with Crippen LogP contribution < -0.4 is 0 Å².